The number of aromatic nitrogens is 1. The van der Waals surface area contributed by atoms with Gasteiger partial charge in [-0.05, 0) is 18.9 Å². The zero-order chi connectivity index (χ0) is 11.2. The zero-order valence-corrected chi connectivity index (χ0v) is 9.31. The van der Waals surface area contributed by atoms with Crippen LogP contribution in [0.3, 0.4) is 0 Å². The molecule has 1 aliphatic heterocycles. The van der Waals surface area contributed by atoms with E-state index in [-0.39, 0.29) is 12.8 Å². The Balaban J connectivity index is 1.76. The summed E-state index contributed by atoms with van der Waals surface area (Å²) in [7, 11) is 0. The SMILES string of the molecule is FCCCN1CCC(Oc2ccccn2)C1. The molecule has 1 atom stereocenters. The summed E-state index contributed by atoms with van der Waals surface area (Å²) in [6.45, 7) is 2.48. The van der Waals surface area contributed by atoms with Crippen LogP contribution in [0.5, 0.6) is 5.88 Å². The Morgan fingerprint density at radius 3 is 3.19 bits per heavy atom. The van der Waals surface area contributed by atoms with Crippen LogP contribution in [0.15, 0.2) is 24.4 Å². The number of pyridine rings is 1. The topological polar surface area (TPSA) is 25.4 Å². The van der Waals surface area contributed by atoms with Gasteiger partial charge in [-0.15, -0.1) is 0 Å². The highest BCUT2D eigenvalue weighted by atomic mass is 19.1. The maximum absolute atomic E-state index is 12.0. The molecule has 0 aromatic carbocycles. The van der Waals surface area contributed by atoms with Gasteiger partial charge in [0, 0.05) is 31.9 Å². The second-order valence-electron chi connectivity index (χ2n) is 4.04. The van der Waals surface area contributed by atoms with Crippen LogP contribution >= 0.6 is 0 Å². The summed E-state index contributed by atoms with van der Waals surface area (Å²) >= 11 is 0. The zero-order valence-electron chi connectivity index (χ0n) is 9.31. The summed E-state index contributed by atoms with van der Waals surface area (Å²) in [5.74, 6) is 0.680. The Morgan fingerprint density at radius 1 is 1.50 bits per heavy atom. The van der Waals surface area contributed by atoms with Gasteiger partial charge in [-0.3, -0.25) is 9.29 Å². The largest absolute Gasteiger partial charge is 0.473 e. The number of nitrogens with zero attached hydrogens (tertiary/aromatic N) is 2. The first-order chi connectivity index (χ1) is 7.88. The molecular weight excluding hydrogens is 207 g/mol. The standard InChI is InChI=1S/C12H17FN2O/c13-6-3-8-15-9-5-11(10-15)16-12-4-1-2-7-14-12/h1-2,4,7,11H,3,5-6,8-10H2. The molecule has 1 fully saturated rings. The molecule has 16 heavy (non-hydrogen) atoms. The van der Waals surface area contributed by atoms with Crippen molar-refractivity contribution < 1.29 is 9.13 Å². The molecule has 1 aliphatic rings. The molecule has 1 aromatic heterocycles. The van der Waals surface area contributed by atoms with Crippen LogP contribution in [-0.2, 0) is 0 Å². The molecule has 0 N–H and O–H groups in total. The second kappa shape index (κ2) is 5.80. The number of halogens is 1. The Hall–Kier alpha value is -1.16. The Morgan fingerprint density at radius 2 is 2.44 bits per heavy atom. The van der Waals surface area contributed by atoms with E-state index in [1.807, 2.05) is 18.2 Å². The number of hydrogen-bond acceptors (Lipinski definition) is 3. The Bertz CT molecular complexity index is 307. The van der Waals surface area contributed by atoms with E-state index in [0.717, 1.165) is 26.1 Å². The third kappa shape index (κ3) is 3.17. The van der Waals surface area contributed by atoms with Crippen LogP contribution in [0, 0.1) is 0 Å². The Kier molecular flexibility index (Phi) is 4.10. The van der Waals surface area contributed by atoms with Crippen molar-refractivity contribution in [2.75, 3.05) is 26.3 Å². The van der Waals surface area contributed by atoms with Gasteiger partial charge >= 0.3 is 0 Å². The summed E-state index contributed by atoms with van der Waals surface area (Å²) < 4.78 is 17.8. The van der Waals surface area contributed by atoms with Gasteiger partial charge in [-0.25, -0.2) is 4.98 Å². The molecule has 1 unspecified atom stereocenters. The lowest BCUT2D eigenvalue weighted by Crippen LogP contribution is -2.26. The third-order valence-corrected chi connectivity index (χ3v) is 2.76. The number of alkyl halides is 1. The molecular formula is C12H17FN2O. The van der Waals surface area contributed by atoms with Gasteiger partial charge in [0.2, 0.25) is 5.88 Å². The molecule has 2 heterocycles. The van der Waals surface area contributed by atoms with Crippen LogP contribution in [0.2, 0.25) is 0 Å². The van der Waals surface area contributed by atoms with Crippen LogP contribution in [0.4, 0.5) is 4.39 Å². The minimum atomic E-state index is -0.234. The molecule has 4 heteroatoms. The van der Waals surface area contributed by atoms with Crippen molar-refractivity contribution in [1.29, 1.82) is 0 Å². The van der Waals surface area contributed by atoms with E-state index in [0.29, 0.717) is 12.3 Å². The highest BCUT2D eigenvalue weighted by Crippen LogP contribution is 2.15. The predicted octanol–water partition coefficient (Wildman–Crippen LogP) is 1.89. The van der Waals surface area contributed by atoms with E-state index in [2.05, 4.69) is 9.88 Å². The normalized spacial score (nSPS) is 21.2. The number of rotatable bonds is 5. The fourth-order valence-electron chi connectivity index (χ4n) is 1.97. The molecule has 0 saturated carbocycles. The minimum Gasteiger partial charge on any atom is -0.473 e. The van der Waals surface area contributed by atoms with Gasteiger partial charge in [0.15, 0.2) is 0 Å². The molecule has 0 bridgehead atoms. The van der Waals surface area contributed by atoms with E-state index in [1.165, 1.54) is 0 Å². The highest BCUT2D eigenvalue weighted by molar-refractivity contribution is 5.10. The van der Waals surface area contributed by atoms with Crippen molar-refractivity contribution in [3.63, 3.8) is 0 Å². The lowest BCUT2D eigenvalue weighted by molar-refractivity contribution is 0.191. The quantitative estimate of drug-likeness (QED) is 0.763. The van der Waals surface area contributed by atoms with Gasteiger partial charge in [-0.1, -0.05) is 6.07 Å². The molecule has 2 rings (SSSR count). The molecule has 3 nitrogen and oxygen atoms in total. The number of hydrogen-bond donors (Lipinski definition) is 0. The summed E-state index contributed by atoms with van der Waals surface area (Å²) in [6.07, 6.45) is 3.55. The fraction of sp³-hybridized carbons (Fsp3) is 0.583. The lowest BCUT2D eigenvalue weighted by Gasteiger charge is -2.15. The molecule has 0 spiro atoms. The summed E-state index contributed by atoms with van der Waals surface area (Å²) in [6, 6.07) is 5.65. The predicted molar refractivity (Wildman–Crippen MR) is 60.3 cm³/mol. The van der Waals surface area contributed by atoms with Crippen LogP contribution < -0.4 is 4.74 Å². The van der Waals surface area contributed by atoms with Crippen LogP contribution in [0.1, 0.15) is 12.8 Å². The van der Waals surface area contributed by atoms with E-state index in [1.54, 1.807) is 6.20 Å². The monoisotopic (exact) mass is 224 g/mol. The molecule has 1 saturated heterocycles. The van der Waals surface area contributed by atoms with E-state index >= 15 is 0 Å². The smallest absolute Gasteiger partial charge is 0.213 e. The van der Waals surface area contributed by atoms with E-state index < -0.39 is 0 Å². The number of ether oxygens (including phenoxy) is 1. The van der Waals surface area contributed by atoms with Gasteiger partial charge in [0.25, 0.3) is 0 Å². The van der Waals surface area contributed by atoms with Crippen molar-refractivity contribution in [3.8, 4) is 5.88 Å². The molecule has 1 aromatic rings. The second-order valence-corrected chi connectivity index (χ2v) is 4.04. The Labute approximate surface area is 95.2 Å². The first kappa shape index (κ1) is 11.3. The highest BCUT2D eigenvalue weighted by Gasteiger charge is 2.23. The summed E-state index contributed by atoms with van der Waals surface area (Å²) in [5, 5.41) is 0. The molecule has 0 radical (unpaired) electrons. The van der Waals surface area contributed by atoms with Crippen molar-refractivity contribution in [1.82, 2.24) is 9.88 Å². The number of likely N-dealkylation sites (tertiary alicyclic amines) is 1. The average molecular weight is 224 g/mol. The lowest BCUT2D eigenvalue weighted by atomic mass is 10.3. The van der Waals surface area contributed by atoms with Gasteiger partial charge in [0.05, 0.1) is 6.67 Å². The van der Waals surface area contributed by atoms with Crippen molar-refractivity contribution in [2.24, 2.45) is 0 Å². The van der Waals surface area contributed by atoms with Crippen molar-refractivity contribution >= 4 is 0 Å². The first-order valence-electron chi connectivity index (χ1n) is 5.74. The van der Waals surface area contributed by atoms with Crippen molar-refractivity contribution in [2.45, 2.75) is 18.9 Å². The van der Waals surface area contributed by atoms with Crippen LogP contribution in [0.25, 0.3) is 0 Å². The fourth-order valence-corrected chi connectivity index (χ4v) is 1.97. The summed E-state index contributed by atoms with van der Waals surface area (Å²) in [4.78, 5) is 6.37. The maximum Gasteiger partial charge on any atom is 0.213 e. The summed E-state index contributed by atoms with van der Waals surface area (Å²) in [5.41, 5.74) is 0. The molecule has 88 valence electrons. The average Bonchev–Trinajstić information content (AvgIpc) is 2.75. The maximum atomic E-state index is 12.0. The molecule has 0 amide bonds. The van der Waals surface area contributed by atoms with Crippen molar-refractivity contribution in [3.05, 3.63) is 24.4 Å². The van der Waals surface area contributed by atoms with Gasteiger partial charge < -0.3 is 4.74 Å². The van der Waals surface area contributed by atoms with E-state index in [9.17, 15) is 4.39 Å². The third-order valence-electron chi connectivity index (χ3n) is 2.76. The van der Waals surface area contributed by atoms with Gasteiger partial charge in [-0.2, -0.15) is 0 Å². The minimum absolute atomic E-state index is 0.203. The first-order valence-corrected chi connectivity index (χ1v) is 5.74. The van der Waals surface area contributed by atoms with Crippen LogP contribution in [-0.4, -0.2) is 42.3 Å². The van der Waals surface area contributed by atoms with Gasteiger partial charge in [0.1, 0.15) is 6.10 Å². The van der Waals surface area contributed by atoms with E-state index in [4.69, 9.17) is 4.74 Å². The molecule has 0 aliphatic carbocycles.